The molecule has 78 valence electrons. The molecule has 0 saturated carbocycles. The third kappa shape index (κ3) is 2.53. The minimum absolute atomic E-state index is 0.397. The van der Waals surface area contributed by atoms with Crippen LogP contribution in [0, 0.1) is 0 Å². The topological polar surface area (TPSA) is 34.1 Å². The molecule has 1 aliphatic rings. The van der Waals surface area contributed by atoms with E-state index in [0.717, 1.165) is 13.2 Å². The van der Waals surface area contributed by atoms with Gasteiger partial charge in [0.15, 0.2) is 0 Å². The van der Waals surface area contributed by atoms with Gasteiger partial charge in [-0.15, -0.1) is 11.3 Å². The average molecular weight is 212 g/mol. The van der Waals surface area contributed by atoms with Gasteiger partial charge >= 0.3 is 0 Å². The second-order valence-corrected chi connectivity index (χ2v) is 4.62. The predicted octanol–water partition coefficient (Wildman–Crippen LogP) is 1.97. The van der Waals surface area contributed by atoms with Crippen LogP contribution in [0.4, 0.5) is 0 Å². The van der Waals surface area contributed by atoms with E-state index in [9.17, 15) is 0 Å². The van der Waals surface area contributed by atoms with Gasteiger partial charge in [-0.05, 0) is 19.8 Å². The molecule has 2 heterocycles. The number of hydrogen-bond acceptors (Lipinski definition) is 4. The van der Waals surface area contributed by atoms with E-state index < -0.39 is 0 Å². The van der Waals surface area contributed by atoms with Crippen LogP contribution in [0.25, 0.3) is 0 Å². The van der Waals surface area contributed by atoms with E-state index in [1.807, 2.05) is 11.7 Å². The van der Waals surface area contributed by atoms with Gasteiger partial charge in [0.25, 0.3) is 0 Å². The van der Waals surface area contributed by atoms with Gasteiger partial charge in [0, 0.05) is 29.8 Å². The van der Waals surface area contributed by atoms with Gasteiger partial charge < -0.3 is 10.1 Å². The number of nitrogens with one attached hydrogen (secondary N) is 1. The van der Waals surface area contributed by atoms with E-state index in [1.54, 1.807) is 11.3 Å². The van der Waals surface area contributed by atoms with Gasteiger partial charge in [-0.3, -0.25) is 4.98 Å². The highest BCUT2D eigenvalue weighted by Gasteiger charge is 2.17. The molecule has 0 aliphatic carbocycles. The fourth-order valence-electron chi connectivity index (χ4n) is 1.75. The molecule has 0 aromatic carbocycles. The third-order valence-electron chi connectivity index (χ3n) is 2.52. The van der Waals surface area contributed by atoms with Gasteiger partial charge in [-0.2, -0.15) is 0 Å². The second kappa shape index (κ2) is 4.87. The first-order valence-corrected chi connectivity index (χ1v) is 5.96. The SMILES string of the molecule is CC(N[C@@H]1CCCOC1)c1cncs1. The standard InChI is InChI=1S/C10H16N2OS/c1-8(10-5-11-7-14-10)12-9-3-2-4-13-6-9/h5,7-9,12H,2-4,6H2,1H3/t8?,9-/m1/s1. The maximum Gasteiger partial charge on any atom is 0.0794 e. The van der Waals surface area contributed by atoms with Crippen LogP contribution in [0.15, 0.2) is 11.7 Å². The summed E-state index contributed by atoms with van der Waals surface area (Å²) in [6.07, 6.45) is 4.34. The molecular weight excluding hydrogens is 196 g/mol. The van der Waals surface area contributed by atoms with Crippen LogP contribution in [0.2, 0.25) is 0 Å². The van der Waals surface area contributed by atoms with Crippen molar-refractivity contribution in [3.8, 4) is 0 Å². The van der Waals surface area contributed by atoms with Gasteiger partial charge in [0.2, 0.25) is 0 Å². The Bertz CT molecular complexity index is 257. The summed E-state index contributed by atoms with van der Waals surface area (Å²) >= 11 is 1.71. The van der Waals surface area contributed by atoms with Crippen molar-refractivity contribution in [3.05, 3.63) is 16.6 Å². The van der Waals surface area contributed by atoms with Gasteiger partial charge in [-0.25, -0.2) is 0 Å². The summed E-state index contributed by atoms with van der Waals surface area (Å²) in [5.74, 6) is 0. The Hall–Kier alpha value is -0.450. The zero-order valence-corrected chi connectivity index (χ0v) is 9.22. The van der Waals surface area contributed by atoms with Crippen molar-refractivity contribution in [1.29, 1.82) is 0 Å². The molecule has 1 fully saturated rings. The molecule has 0 spiro atoms. The minimum Gasteiger partial charge on any atom is -0.380 e. The van der Waals surface area contributed by atoms with Crippen LogP contribution in [0.3, 0.4) is 0 Å². The highest BCUT2D eigenvalue weighted by molar-refractivity contribution is 7.09. The van der Waals surface area contributed by atoms with E-state index >= 15 is 0 Å². The summed E-state index contributed by atoms with van der Waals surface area (Å²) < 4.78 is 5.43. The van der Waals surface area contributed by atoms with Crippen molar-refractivity contribution in [2.45, 2.75) is 31.8 Å². The predicted molar refractivity (Wildman–Crippen MR) is 57.5 cm³/mol. The Balaban J connectivity index is 1.84. The van der Waals surface area contributed by atoms with Crippen LogP contribution in [0.5, 0.6) is 0 Å². The fraction of sp³-hybridized carbons (Fsp3) is 0.700. The molecule has 1 unspecified atom stereocenters. The van der Waals surface area contributed by atoms with Crippen LogP contribution < -0.4 is 5.32 Å². The first kappa shape index (κ1) is 10.1. The maximum absolute atomic E-state index is 5.43. The number of nitrogens with zero attached hydrogens (tertiary/aromatic N) is 1. The van der Waals surface area contributed by atoms with Gasteiger partial charge in [0.05, 0.1) is 12.1 Å². The number of rotatable bonds is 3. The Morgan fingerprint density at radius 1 is 1.71 bits per heavy atom. The first-order valence-electron chi connectivity index (χ1n) is 5.08. The van der Waals surface area contributed by atoms with Crippen LogP contribution >= 0.6 is 11.3 Å². The zero-order valence-electron chi connectivity index (χ0n) is 8.40. The van der Waals surface area contributed by atoms with Gasteiger partial charge in [-0.1, -0.05) is 0 Å². The normalized spacial score (nSPS) is 24.8. The molecule has 1 N–H and O–H groups in total. The smallest absolute Gasteiger partial charge is 0.0794 e. The molecule has 1 aromatic rings. The fourth-order valence-corrected chi connectivity index (χ4v) is 2.38. The van der Waals surface area contributed by atoms with Crippen molar-refractivity contribution in [2.75, 3.05) is 13.2 Å². The van der Waals surface area contributed by atoms with Crippen molar-refractivity contribution < 1.29 is 4.74 Å². The van der Waals surface area contributed by atoms with Crippen LogP contribution in [-0.2, 0) is 4.74 Å². The summed E-state index contributed by atoms with van der Waals surface area (Å²) in [4.78, 5) is 5.39. The number of ether oxygens (including phenoxy) is 1. The molecule has 1 aromatic heterocycles. The molecule has 1 saturated heterocycles. The molecule has 3 nitrogen and oxygen atoms in total. The quantitative estimate of drug-likeness (QED) is 0.832. The summed E-state index contributed by atoms with van der Waals surface area (Å²) in [6, 6.07) is 0.912. The highest BCUT2D eigenvalue weighted by Crippen LogP contribution is 2.18. The molecule has 2 atom stereocenters. The van der Waals surface area contributed by atoms with E-state index in [2.05, 4.69) is 17.2 Å². The number of aromatic nitrogens is 1. The van der Waals surface area contributed by atoms with E-state index in [1.165, 1.54) is 17.7 Å². The molecule has 1 aliphatic heterocycles. The summed E-state index contributed by atoms with van der Waals surface area (Å²) in [5, 5.41) is 3.57. The summed E-state index contributed by atoms with van der Waals surface area (Å²) in [6.45, 7) is 3.96. The molecule has 0 radical (unpaired) electrons. The molecule has 14 heavy (non-hydrogen) atoms. The second-order valence-electron chi connectivity index (χ2n) is 3.71. The number of hydrogen-bond donors (Lipinski definition) is 1. The lowest BCUT2D eigenvalue weighted by Gasteiger charge is -2.26. The monoisotopic (exact) mass is 212 g/mol. The molecular formula is C10H16N2OS. The average Bonchev–Trinajstić information content (AvgIpc) is 2.72. The third-order valence-corrected chi connectivity index (χ3v) is 3.48. The lowest BCUT2D eigenvalue weighted by Crippen LogP contribution is -2.38. The van der Waals surface area contributed by atoms with Crippen molar-refractivity contribution >= 4 is 11.3 Å². The summed E-state index contributed by atoms with van der Waals surface area (Å²) in [5.41, 5.74) is 1.88. The maximum atomic E-state index is 5.43. The molecule has 4 heteroatoms. The summed E-state index contributed by atoms with van der Waals surface area (Å²) in [7, 11) is 0. The van der Waals surface area contributed by atoms with Gasteiger partial charge in [0.1, 0.15) is 0 Å². The molecule has 0 bridgehead atoms. The van der Waals surface area contributed by atoms with Crippen LogP contribution in [-0.4, -0.2) is 24.2 Å². The Morgan fingerprint density at radius 3 is 3.29 bits per heavy atom. The first-order chi connectivity index (χ1) is 6.86. The Morgan fingerprint density at radius 2 is 2.64 bits per heavy atom. The van der Waals surface area contributed by atoms with Crippen molar-refractivity contribution in [3.63, 3.8) is 0 Å². The largest absolute Gasteiger partial charge is 0.380 e. The molecule has 0 amide bonds. The number of thiazole rings is 1. The molecule has 2 rings (SSSR count). The van der Waals surface area contributed by atoms with E-state index in [4.69, 9.17) is 4.74 Å². The van der Waals surface area contributed by atoms with E-state index in [-0.39, 0.29) is 0 Å². The highest BCUT2D eigenvalue weighted by atomic mass is 32.1. The lowest BCUT2D eigenvalue weighted by atomic mass is 10.1. The van der Waals surface area contributed by atoms with Crippen LogP contribution in [0.1, 0.15) is 30.7 Å². The lowest BCUT2D eigenvalue weighted by molar-refractivity contribution is 0.0672. The van der Waals surface area contributed by atoms with E-state index in [0.29, 0.717) is 12.1 Å². The van der Waals surface area contributed by atoms with Crippen molar-refractivity contribution in [2.24, 2.45) is 0 Å². The van der Waals surface area contributed by atoms with Crippen molar-refractivity contribution in [1.82, 2.24) is 10.3 Å². The Labute approximate surface area is 88.5 Å². The zero-order chi connectivity index (χ0) is 9.80. The minimum atomic E-state index is 0.397. The Kier molecular flexibility index (Phi) is 3.50.